The second kappa shape index (κ2) is 8.85. The minimum Gasteiger partial charge on any atom is -0.386 e. The Morgan fingerprint density at radius 2 is 1.50 bits per heavy atom. The molecule has 3 heterocycles. The molecule has 0 radical (unpaired) electrons. The van der Waals surface area contributed by atoms with Crippen molar-refractivity contribution in [2.45, 2.75) is 39.3 Å². The van der Waals surface area contributed by atoms with E-state index in [2.05, 4.69) is 64.2 Å². The Balaban J connectivity index is 1.35. The molecule has 0 spiro atoms. The highest BCUT2D eigenvalue weighted by atomic mass is 16.3. The second-order valence-corrected chi connectivity index (χ2v) is 9.97. The van der Waals surface area contributed by atoms with Crippen molar-refractivity contribution < 1.29 is 5.11 Å². The maximum absolute atomic E-state index is 10.2. The van der Waals surface area contributed by atoms with Gasteiger partial charge in [0.2, 0.25) is 0 Å². The molecule has 5 rings (SSSR count). The highest BCUT2D eigenvalue weighted by Crippen LogP contribution is 2.30. The summed E-state index contributed by atoms with van der Waals surface area (Å²) in [7, 11) is 0. The van der Waals surface area contributed by atoms with Crippen LogP contribution in [-0.2, 0) is 5.60 Å². The molecule has 1 aliphatic heterocycles. The molecular formula is C28H33N5O. The van der Waals surface area contributed by atoms with Crippen LogP contribution in [0.15, 0.2) is 60.7 Å². The fraction of sp³-hybridized carbons (Fsp3) is 0.357. The molecule has 0 saturated carbocycles. The Kier molecular flexibility index (Phi) is 5.88. The van der Waals surface area contributed by atoms with Crippen LogP contribution in [0, 0.1) is 0 Å². The number of hydrogen-bond acceptors (Lipinski definition) is 5. The Hall–Kier alpha value is -3.22. The molecule has 0 aliphatic carbocycles. The topological polar surface area (TPSA) is 68.3 Å². The van der Waals surface area contributed by atoms with E-state index in [1.807, 2.05) is 30.3 Å². The molecule has 0 amide bonds. The molecule has 0 atom stereocenters. The summed E-state index contributed by atoms with van der Waals surface area (Å²) in [6.07, 6.45) is 0. The minimum absolute atomic E-state index is 0.611. The smallest absolute Gasteiger partial charge is 0.182 e. The van der Waals surface area contributed by atoms with Gasteiger partial charge in [-0.25, -0.2) is 4.98 Å². The number of aromatic nitrogens is 3. The summed E-state index contributed by atoms with van der Waals surface area (Å²) in [4.78, 5) is 9.77. The van der Waals surface area contributed by atoms with Crippen molar-refractivity contribution in [2.24, 2.45) is 0 Å². The average molecular weight is 456 g/mol. The quantitative estimate of drug-likeness (QED) is 0.441. The molecule has 0 bridgehead atoms. The highest BCUT2D eigenvalue weighted by Gasteiger charge is 2.19. The zero-order valence-electron chi connectivity index (χ0n) is 20.4. The molecule has 2 aromatic heterocycles. The van der Waals surface area contributed by atoms with Gasteiger partial charge in [-0.1, -0.05) is 36.4 Å². The zero-order valence-corrected chi connectivity index (χ0v) is 20.4. The van der Waals surface area contributed by atoms with Gasteiger partial charge in [-0.2, -0.15) is 5.10 Å². The molecule has 1 aliphatic rings. The van der Waals surface area contributed by atoms with Crippen LogP contribution in [0.1, 0.15) is 33.3 Å². The van der Waals surface area contributed by atoms with Crippen LogP contribution in [0.4, 0.5) is 5.69 Å². The van der Waals surface area contributed by atoms with Gasteiger partial charge in [0, 0.05) is 54.4 Å². The molecule has 0 unspecified atom stereocenters. The highest BCUT2D eigenvalue weighted by molar-refractivity contribution is 5.92. The SMILES string of the molecule is CC(C)N1CCN(c2ccc(-c3[nH]nc4nc(-c5ccc(C(C)(C)O)cc5)ccc34)cc2)CC1. The van der Waals surface area contributed by atoms with Gasteiger partial charge in [-0.3, -0.25) is 10.00 Å². The van der Waals surface area contributed by atoms with Crippen molar-refractivity contribution in [3.63, 3.8) is 0 Å². The summed E-state index contributed by atoms with van der Waals surface area (Å²) in [6, 6.07) is 21.4. The van der Waals surface area contributed by atoms with Gasteiger partial charge < -0.3 is 10.0 Å². The van der Waals surface area contributed by atoms with Gasteiger partial charge in [-0.05, 0) is 57.5 Å². The molecule has 2 aromatic carbocycles. The summed E-state index contributed by atoms with van der Waals surface area (Å²) >= 11 is 0. The van der Waals surface area contributed by atoms with Crippen molar-refractivity contribution in [3.05, 3.63) is 66.2 Å². The fourth-order valence-electron chi connectivity index (χ4n) is 4.66. The first-order valence-corrected chi connectivity index (χ1v) is 12.1. The van der Waals surface area contributed by atoms with E-state index < -0.39 is 5.60 Å². The predicted molar refractivity (Wildman–Crippen MR) is 139 cm³/mol. The largest absolute Gasteiger partial charge is 0.386 e. The third kappa shape index (κ3) is 4.43. The maximum Gasteiger partial charge on any atom is 0.182 e. The van der Waals surface area contributed by atoms with E-state index in [-0.39, 0.29) is 0 Å². The van der Waals surface area contributed by atoms with Crippen LogP contribution < -0.4 is 4.90 Å². The van der Waals surface area contributed by atoms with Crippen LogP contribution in [0.2, 0.25) is 0 Å². The summed E-state index contributed by atoms with van der Waals surface area (Å²) in [5, 5.41) is 18.9. The maximum atomic E-state index is 10.2. The number of anilines is 1. The first kappa shape index (κ1) is 22.6. The van der Waals surface area contributed by atoms with Crippen LogP contribution >= 0.6 is 0 Å². The number of benzene rings is 2. The lowest BCUT2D eigenvalue weighted by atomic mass is 9.96. The van der Waals surface area contributed by atoms with Gasteiger partial charge >= 0.3 is 0 Å². The van der Waals surface area contributed by atoms with E-state index in [0.29, 0.717) is 11.7 Å². The minimum atomic E-state index is -0.856. The van der Waals surface area contributed by atoms with Crippen molar-refractivity contribution in [2.75, 3.05) is 31.1 Å². The van der Waals surface area contributed by atoms with E-state index in [1.54, 1.807) is 13.8 Å². The van der Waals surface area contributed by atoms with Crippen LogP contribution in [0.5, 0.6) is 0 Å². The number of nitrogens with zero attached hydrogens (tertiary/aromatic N) is 4. The Bertz CT molecular complexity index is 1260. The number of fused-ring (bicyclic) bond motifs is 1. The number of hydrogen-bond donors (Lipinski definition) is 2. The fourth-order valence-corrected chi connectivity index (χ4v) is 4.66. The number of aromatic amines is 1. The number of H-pyrrole nitrogens is 1. The van der Waals surface area contributed by atoms with Gasteiger partial charge in [0.05, 0.1) is 17.0 Å². The average Bonchev–Trinajstić information content (AvgIpc) is 3.27. The molecule has 4 aromatic rings. The number of nitrogens with one attached hydrogen (secondary N) is 1. The predicted octanol–water partition coefficient (Wildman–Crippen LogP) is 5.05. The van der Waals surface area contributed by atoms with E-state index in [9.17, 15) is 5.11 Å². The van der Waals surface area contributed by atoms with Crippen molar-refractivity contribution >= 4 is 16.7 Å². The molecule has 176 valence electrons. The van der Waals surface area contributed by atoms with E-state index >= 15 is 0 Å². The molecule has 2 N–H and O–H groups in total. The van der Waals surface area contributed by atoms with Gasteiger partial charge in [0.1, 0.15) is 0 Å². The standard InChI is InChI=1S/C28H33N5O/c1-19(2)32-15-17-33(18-16-32)23-11-7-21(8-12-23)26-24-13-14-25(29-27(24)31-30-26)20-5-9-22(10-6-20)28(3,4)34/h5-14,19,34H,15-18H2,1-4H3,(H,29,30,31). The molecular weight excluding hydrogens is 422 g/mol. The van der Waals surface area contributed by atoms with Crippen molar-refractivity contribution in [1.29, 1.82) is 0 Å². The monoisotopic (exact) mass is 455 g/mol. The Morgan fingerprint density at radius 3 is 2.12 bits per heavy atom. The first-order chi connectivity index (χ1) is 16.3. The van der Waals surface area contributed by atoms with Crippen molar-refractivity contribution in [3.8, 4) is 22.5 Å². The van der Waals surface area contributed by atoms with Gasteiger partial charge in [-0.15, -0.1) is 0 Å². The van der Waals surface area contributed by atoms with E-state index in [1.165, 1.54) is 5.69 Å². The molecule has 1 saturated heterocycles. The second-order valence-electron chi connectivity index (χ2n) is 9.97. The van der Waals surface area contributed by atoms with E-state index in [0.717, 1.165) is 59.6 Å². The summed E-state index contributed by atoms with van der Waals surface area (Å²) in [6.45, 7) is 12.5. The summed E-state index contributed by atoms with van der Waals surface area (Å²) in [5.74, 6) is 0. The summed E-state index contributed by atoms with van der Waals surface area (Å²) < 4.78 is 0. The molecule has 6 nitrogen and oxygen atoms in total. The Morgan fingerprint density at radius 1 is 0.853 bits per heavy atom. The third-order valence-electron chi connectivity index (χ3n) is 6.87. The van der Waals surface area contributed by atoms with Crippen molar-refractivity contribution in [1.82, 2.24) is 20.1 Å². The zero-order chi connectivity index (χ0) is 23.9. The Labute approximate surface area is 201 Å². The number of rotatable bonds is 5. The molecule has 6 heteroatoms. The number of aliphatic hydroxyl groups is 1. The molecule has 34 heavy (non-hydrogen) atoms. The first-order valence-electron chi connectivity index (χ1n) is 12.1. The van der Waals surface area contributed by atoms with Gasteiger partial charge in [0.25, 0.3) is 0 Å². The lowest BCUT2D eigenvalue weighted by molar-refractivity contribution is 0.0786. The lowest BCUT2D eigenvalue weighted by Crippen LogP contribution is -2.48. The van der Waals surface area contributed by atoms with Crippen LogP contribution in [-0.4, -0.2) is 57.4 Å². The normalized spacial score (nSPS) is 15.4. The third-order valence-corrected chi connectivity index (χ3v) is 6.87. The van der Waals surface area contributed by atoms with Gasteiger partial charge in [0.15, 0.2) is 5.65 Å². The number of pyridine rings is 1. The van der Waals surface area contributed by atoms with E-state index in [4.69, 9.17) is 4.98 Å². The van der Waals surface area contributed by atoms with Crippen LogP contribution in [0.25, 0.3) is 33.5 Å². The van der Waals surface area contributed by atoms with Crippen LogP contribution in [0.3, 0.4) is 0 Å². The summed E-state index contributed by atoms with van der Waals surface area (Å²) in [5.41, 5.74) is 5.96. The molecule has 1 fully saturated rings. The lowest BCUT2D eigenvalue weighted by Gasteiger charge is -2.38. The number of piperazine rings is 1.